The van der Waals surface area contributed by atoms with E-state index in [0.717, 1.165) is 23.5 Å². The number of anilines is 2. The number of nitriles is 1. The van der Waals surface area contributed by atoms with Gasteiger partial charge in [0.25, 0.3) is 5.56 Å². The van der Waals surface area contributed by atoms with Gasteiger partial charge in [-0.05, 0) is 30.3 Å². The van der Waals surface area contributed by atoms with Crippen LogP contribution in [0.25, 0.3) is 15.9 Å². The van der Waals surface area contributed by atoms with Gasteiger partial charge in [0.1, 0.15) is 27.4 Å². The highest BCUT2D eigenvalue weighted by Gasteiger charge is 2.18. The third kappa shape index (κ3) is 2.96. The van der Waals surface area contributed by atoms with Crippen molar-refractivity contribution in [1.29, 1.82) is 5.26 Å². The molecule has 132 valence electrons. The summed E-state index contributed by atoms with van der Waals surface area (Å²) < 4.78 is 28.7. The number of halogens is 2. The van der Waals surface area contributed by atoms with Crippen molar-refractivity contribution in [1.82, 2.24) is 4.57 Å². The Bertz CT molecular complexity index is 1260. The number of rotatable bonds is 3. The van der Waals surface area contributed by atoms with Gasteiger partial charge in [0.15, 0.2) is 0 Å². The predicted molar refractivity (Wildman–Crippen MR) is 102 cm³/mol. The first-order valence-electron chi connectivity index (χ1n) is 7.94. The molecular formula is C20H11F2N3OS. The SMILES string of the molecule is N#Cc1sc2c(ccc(=O)n2-c2ccccc2)c1Nc1ccc(F)cc1F. The Morgan fingerprint density at radius 3 is 2.52 bits per heavy atom. The summed E-state index contributed by atoms with van der Waals surface area (Å²) in [6.45, 7) is 0. The molecule has 2 aromatic carbocycles. The lowest BCUT2D eigenvalue weighted by Gasteiger charge is -2.09. The van der Waals surface area contributed by atoms with Gasteiger partial charge < -0.3 is 5.32 Å². The molecule has 4 nitrogen and oxygen atoms in total. The number of aromatic nitrogens is 1. The summed E-state index contributed by atoms with van der Waals surface area (Å²) in [5, 5.41) is 13.0. The van der Waals surface area contributed by atoms with E-state index in [1.54, 1.807) is 18.2 Å². The molecule has 4 aromatic rings. The summed E-state index contributed by atoms with van der Waals surface area (Å²) in [4.78, 5) is 13.3. The van der Waals surface area contributed by atoms with Gasteiger partial charge in [-0.2, -0.15) is 5.26 Å². The van der Waals surface area contributed by atoms with Crippen molar-refractivity contribution < 1.29 is 8.78 Å². The van der Waals surface area contributed by atoms with Crippen molar-refractivity contribution in [2.75, 3.05) is 5.32 Å². The number of nitrogens with zero attached hydrogens (tertiary/aromatic N) is 2. The van der Waals surface area contributed by atoms with Crippen molar-refractivity contribution in [3.63, 3.8) is 0 Å². The Balaban J connectivity index is 1.95. The van der Waals surface area contributed by atoms with Gasteiger partial charge in [-0.3, -0.25) is 9.36 Å². The number of fused-ring (bicyclic) bond motifs is 1. The van der Waals surface area contributed by atoms with Gasteiger partial charge in [-0.25, -0.2) is 8.78 Å². The lowest BCUT2D eigenvalue weighted by molar-refractivity contribution is 0.586. The second-order valence-electron chi connectivity index (χ2n) is 5.73. The molecule has 0 amide bonds. The maximum atomic E-state index is 14.0. The summed E-state index contributed by atoms with van der Waals surface area (Å²) in [5.74, 6) is -1.46. The second kappa shape index (κ2) is 6.67. The van der Waals surface area contributed by atoms with Crippen LogP contribution < -0.4 is 10.9 Å². The van der Waals surface area contributed by atoms with E-state index in [1.165, 1.54) is 16.7 Å². The maximum Gasteiger partial charge on any atom is 0.256 e. The van der Waals surface area contributed by atoms with Crippen LogP contribution in [0, 0.1) is 23.0 Å². The van der Waals surface area contributed by atoms with E-state index in [-0.39, 0.29) is 11.2 Å². The van der Waals surface area contributed by atoms with Crippen LogP contribution >= 0.6 is 11.3 Å². The van der Waals surface area contributed by atoms with Crippen molar-refractivity contribution in [2.45, 2.75) is 0 Å². The normalized spacial score (nSPS) is 10.7. The van der Waals surface area contributed by atoms with Crippen LogP contribution in [0.15, 0.2) is 65.5 Å². The fourth-order valence-corrected chi connectivity index (χ4v) is 3.90. The molecule has 0 radical (unpaired) electrons. The third-order valence-corrected chi connectivity index (χ3v) is 5.14. The zero-order valence-electron chi connectivity index (χ0n) is 13.7. The second-order valence-corrected chi connectivity index (χ2v) is 6.73. The molecule has 0 aliphatic carbocycles. The van der Waals surface area contributed by atoms with Crippen molar-refractivity contribution in [3.8, 4) is 11.8 Å². The maximum absolute atomic E-state index is 14.0. The highest BCUT2D eigenvalue weighted by molar-refractivity contribution is 7.20. The van der Waals surface area contributed by atoms with E-state index in [0.29, 0.717) is 26.5 Å². The molecule has 0 saturated carbocycles. The molecule has 0 bridgehead atoms. The molecule has 0 spiro atoms. The van der Waals surface area contributed by atoms with Crippen LogP contribution in [-0.4, -0.2) is 4.57 Å². The molecule has 2 heterocycles. The molecule has 0 aliphatic rings. The van der Waals surface area contributed by atoms with E-state index in [1.807, 2.05) is 18.2 Å². The molecular weight excluding hydrogens is 368 g/mol. The third-order valence-electron chi connectivity index (χ3n) is 4.05. The summed E-state index contributed by atoms with van der Waals surface area (Å²) >= 11 is 1.13. The standard InChI is InChI=1S/C20H11F2N3OS/c21-12-6-8-16(15(22)10-12)24-19-14-7-9-18(26)25(13-4-2-1-3-5-13)20(14)27-17(19)11-23/h1-10,24H. The minimum atomic E-state index is -0.769. The van der Waals surface area contributed by atoms with E-state index in [4.69, 9.17) is 0 Å². The number of thiophene rings is 1. The Kier molecular flexibility index (Phi) is 4.18. The summed E-state index contributed by atoms with van der Waals surface area (Å²) in [6.07, 6.45) is 0. The predicted octanol–water partition coefficient (Wildman–Crippen LogP) is 4.95. The molecule has 1 N–H and O–H groups in total. The van der Waals surface area contributed by atoms with Crippen molar-refractivity contribution in [3.05, 3.63) is 87.5 Å². The van der Waals surface area contributed by atoms with Crippen LogP contribution in [-0.2, 0) is 0 Å². The van der Waals surface area contributed by atoms with Crippen LogP contribution in [0.1, 0.15) is 4.88 Å². The largest absolute Gasteiger partial charge is 0.351 e. The topological polar surface area (TPSA) is 57.8 Å². The average molecular weight is 379 g/mol. The molecule has 2 aromatic heterocycles. The number of hydrogen-bond acceptors (Lipinski definition) is 4. The Morgan fingerprint density at radius 1 is 1.04 bits per heavy atom. The van der Waals surface area contributed by atoms with Gasteiger partial charge in [-0.1, -0.05) is 18.2 Å². The summed E-state index contributed by atoms with van der Waals surface area (Å²) in [7, 11) is 0. The molecule has 0 fully saturated rings. The minimum absolute atomic E-state index is 0.0464. The first kappa shape index (κ1) is 16.9. The molecule has 27 heavy (non-hydrogen) atoms. The van der Waals surface area contributed by atoms with E-state index in [9.17, 15) is 18.8 Å². The number of pyridine rings is 1. The molecule has 0 aliphatic heterocycles. The number of nitrogens with one attached hydrogen (secondary N) is 1. The van der Waals surface area contributed by atoms with Crippen LogP contribution in [0.5, 0.6) is 0 Å². The smallest absolute Gasteiger partial charge is 0.256 e. The lowest BCUT2D eigenvalue weighted by Crippen LogP contribution is -2.16. The Morgan fingerprint density at radius 2 is 1.81 bits per heavy atom. The fraction of sp³-hybridized carbons (Fsp3) is 0. The van der Waals surface area contributed by atoms with Gasteiger partial charge in [-0.15, -0.1) is 11.3 Å². The van der Waals surface area contributed by atoms with Crippen molar-refractivity contribution in [2.24, 2.45) is 0 Å². The van der Waals surface area contributed by atoms with Gasteiger partial charge in [0.2, 0.25) is 0 Å². The number of hydrogen-bond donors (Lipinski definition) is 1. The molecule has 0 atom stereocenters. The fourth-order valence-electron chi connectivity index (χ4n) is 2.83. The van der Waals surface area contributed by atoms with Gasteiger partial charge in [0, 0.05) is 17.5 Å². The minimum Gasteiger partial charge on any atom is -0.351 e. The Labute approximate surface area is 156 Å². The zero-order chi connectivity index (χ0) is 19.0. The molecule has 4 rings (SSSR count). The Hall–Kier alpha value is -3.50. The zero-order valence-corrected chi connectivity index (χ0v) is 14.6. The number of benzene rings is 2. The van der Waals surface area contributed by atoms with E-state index in [2.05, 4.69) is 11.4 Å². The molecule has 7 heteroatoms. The van der Waals surface area contributed by atoms with Gasteiger partial charge in [0.05, 0.1) is 17.1 Å². The lowest BCUT2D eigenvalue weighted by atomic mass is 10.2. The highest BCUT2D eigenvalue weighted by Crippen LogP contribution is 2.37. The number of para-hydroxylation sites is 1. The van der Waals surface area contributed by atoms with Crippen LogP contribution in [0.3, 0.4) is 0 Å². The van der Waals surface area contributed by atoms with Crippen molar-refractivity contribution >= 4 is 32.9 Å². The average Bonchev–Trinajstić information content (AvgIpc) is 3.02. The summed E-state index contributed by atoms with van der Waals surface area (Å²) in [6, 6.07) is 17.3. The van der Waals surface area contributed by atoms with Gasteiger partial charge >= 0.3 is 0 Å². The molecule has 0 unspecified atom stereocenters. The molecule has 0 saturated heterocycles. The van der Waals surface area contributed by atoms with Crippen LogP contribution in [0.2, 0.25) is 0 Å². The quantitative estimate of drug-likeness (QED) is 0.548. The van der Waals surface area contributed by atoms with E-state index < -0.39 is 11.6 Å². The van der Waals surface area contributed by atoms with E-state index >= 15 is 0 Å². The summed E-state index contributed by atoms with van der Waals surface area (Å²) in [5.41, 5.74) is 0.857. The monoisotopic (exact) mass is 379 g/mol. The first-order valence-corrected chi connectivity index (χ1v) is 8.76. The highest BCUT2D eigenvalue weighted by atomic mass is 32.1. The van der Waals surface area contributed by atoms with Crippen LogP contribution in [0.4, 0.5) is 20.2 Å². The first-order chi connectivity index (χ1) is 13.1.